The SMILES string of the molecule is Cc1cc(NC(C)c2ccccc2)nc(Nc2ccc3c(c2)OCO3)n1. The van der Waals surface area contributed by atoms with Gasteiger partial charge < -0.3 is 20.1 Å². The van der Waals surface area contributed by atoms with E-state index >= 15 is 0 Å². The number of hydrogen-bond donors (Lipinski definition) is 2. The molecule has 6 heteroatoms. The summed E-state index contributed by atoms with van der Waals surface area (Å²) in [6, 6.07) is 18.0. The lowest BCUT2D eigenvalue weighted by molar-refractivity contribution is 0.174. The average molecular weight is 348 g/mol. The van der Waals surface area contributed by atoms with Gasteiger partial charge in [0.1, 0.15) is 5.82 Å². The lowest BCUT2D eigenvalue weighted by Gasteiger charge is -2.16. The summed E-state index contributed by atoms with van der Waals surface area (Å²) in [7, 11) is 0. The van der Waals surface area contributed by atoms with Crippen LogP contribution >= 0.6 is 0 Å². The molecule has 0 amide bonds. The number of nitrogens with zero attached hydrogens (tertiary/aromatic N) is 2. The molecule has 0 fully saturated rings. The Bertz CT molecular complexity index is 915. The molecule has 26 heavy (non-hydrogen) atoms. The molecule has 1 atom stereocenters. The highest BCUT2D eigenvalue weighted by Crippen LogP contribution is 2.34. The highest BCUT2D eigenvalue weighted by atomic mass is 16.7. The molecule has 1 aliphatic heterocycles. The van der Waals surface area contributed by atoms with Crippen LogP contribution in [-0.4, -0.2) is 16.8 Å². The molecule has 2 heterocycles. The number of rotatable bonds is 5. The van der Waals surface area contributed by atoms with Crippen LogP contribution in [0.25, 0.3) is 0 Å². The van der Waals surface area contributed by atoms with Gasteiger partial charge in [0.05, 0.1) is 0 Å². The predicted molar refractivity (Wildman–Crippen MR) is 101 cm³/mol. The van der Waals surface area contributed by atoms with Crippen molar-refractivity contribution in [3.8, 4) is 11.5 Å². The molecule has 0 saturated carbocycles. The zero-order valence-corrected chi connectivity index (χ0v) is 14.7. The molecule has 6 nitrogen and oxygen atoms in total. The van der Waals surface area contributed by atoms with E-state index in [9.17, 15) is 0 Å². The van der Waals surface area contributed by atoms with Gasteiger partial charge in [0.25, 0.3) is 0 Å². The summed E-state index contributed by atoms with van der Waals surface area (Å²) in [5.74, 6) is 2.78. The summed E-state index contributed by atoms with van der Waals surface area (Å²) in [4.78, 5) is 9.05. The van der Waals surface area contributed by atoms with E-state index in [0.717, 1.165) is 28.7 Å². The van der Waals surface area contributed by atoms with Crippen LogP contribution in [0.5, 0.6) is 11.5 Å². The second kappa shape index (κ2) is 6.92. The van der Waals surface area contributed by atoms with E-state index in [1.165, 1.54) is 5.56 Å². The number of nitrogens with one attached hydrogen (secondary N) is 2. The van der Waals surface area contributed by atoms with Gasteiger partial charge in [-0.15, -0.1) is 0 Å². The monoisotopic (exact) mass is 348 g/mol. The van der Waals surface area contributed by atoms with E-state index in [0.29, 0.717) is 5.95 Å². The Morgan fingerprint density at radius 2 is 1.77 bits per heavy atom. The minimum atomic E-state index is 0.142. The second-order valence-electron chi connectivity index (χ2n) is 6.19. The first-order valence-corrected chi connectivity index (χ1v) is 8.51. The Kier molecular flexibility index (Phi) is 4.31. The maximum atomic E-state index is 5.41. The van der Waals surface area contributed by atoms with Crippen LogP contribution in [0.2, 0.25) is 0 Å². The van der Waals surface area contributed by atoms with Crippen molar-refractivity contribution in [3.63, 3.8) is 0 Å². The summed E-state index contributed by atoms with van der Waals surface area (Å²) in [6.45, 7) is 4.31. The Labute approximate surface area is 152 Å². The highest BCUT2D eigenvalue weighted by molar-refractivity contribution is 5.61. The van der Waals surface area contributed by atoms with E-state index in [4.69, 9.17) is 9.47 Å². The summed E-state index contributed by atoms with van der Waals surface area (Å²) < 4.78 is 10.7. The van der Waals surface area contributed by atoms with E-state index in [2.05, 4.69) is 39.7 Å². The highest BCUT2D eigenvalue weighted by Gasteiger charge is 2.14. The molecular weight excluding hydrogens is 328 g/mol. The van der Waals surface area contributed by atoms with Gasteiger partial charge in [-0.25, -0.2) is 4.98 Å². The Morgan fingerprint density at radius 3 is 2.62 bits per heavy atom. The summed E-state index contributed by atoms with van der Waals surface area (Å²) in [5, 5.41) is 6.66. The molecule has 1 unspecified atom stereocenters. The molecule has 1 aromatic heterocycles. The Hall–Kier alpha value is -3.28. The molecule has 132 valence electrons. The van der Waals surface area contributed by atoms with Gasteiger partial charge in [-0.1, -0.05) is 30.3 Å². The first-order valence-electron chi connectivity index (χ1n) is 8.51. The van der Waals surface area contributed by atoms with Crippen LogP contribution in [0.4, 0.5) is 17.5 Å². The van der Waals surface area contributed by atoms with Gasteiger partial charge in [0, 0.05) is 29.6 Å². The first kappa shape index (κ1) is 16.2. The maximum Gasteiger partial charge on any atom is 0.231 e. The third-order valence-electron chi connectivity index (χ3n) is 4.15. The van der Waals surface area contributed by atoms with Gasteiger partial charge in [0.2, 0.25) is 12.7 Å². The molecule has 0 saturated heterocycles. The molecule has 0 aliphatic carbocycles. The summed E-state index contributed by atoms with van der Waals surface area (Å²) in [5.41, 5.74) is 2.93. The van der Waals surface area contributed by atoms with Gasteiger partial charge in [-0.2, -0.15) is 4.98 Å². The van der Waals surface area contributed by atoms with Gasteiger partial charge in [0.15, 0.2) is 11.5 Å². The Balaban J connectivity index is 1.52. The number of fused-ring (bicyclic) bond motifs is 1. The lowest BCUT2D eigenvalue weighted by atomic mass is 10.1. The molecule has 0 radical (unpaired) electrons. The predicted octanol–water partition coefficient (Wildman–Crippen LogP) is 4.43. The first-order chi connectivity index (χ1) is 12.7. The number of aromatic nitrogens is 2. The van der Waals surface area contributed by atoms with E-state index in [1.54, 1.807) is 0 Å². The fraction of sp³-hybridized carbons (Fsp3) is 0.200. The van der Waals surface area contributed by atoms with Gasteiger partial charge >= 0.3 is 0 Å². The van der Waals surface area contributed by atoms with Crippen molar-refractivity contribution in [2.24, 2.45) is 0 Å². The van der Waals surface area contributed by atoms with E-state index in [1.807, 2.05) is 49.4 Å². The number of benzene rings is 2. The van der Waals surface area contributed by atoms with Crippen LogP contribution in [0.1, 0.15) is 24.2 Å². The van der Waals surface area contributed by atoms with Crippen LogP contribution < -0.4 is 20.1 Å². The largest absolute Gasteiger partial charge is 0.454 e. The van der Waals surface area contributed by atoms with Crippen LogP contribution in [0, 0.1) is 6.92 Å². The van der Waals surface area contributed by atoms with Crippen molar-refractivity contribution in [1.82, 2.24) is 9.97 Å². The molecular formula is C20H20N4O2. The third-order valence-corrected chi connectivity index (χ3v) is 4.15. The van der Waals surface area contributed by atoms with E-state index in [-0.39, 0.29) is 12.8 Å². The number of anilines is 3. The summed E-state index contributed by atoms with van der Waals surface area (Å²) in [6.07, 6.45) is 0. The molecule has 4 rings (SSSR count). The number of aryl methyl sites for hydroxylation is 1. The van der Waals surface area contributed by atoms with E-state index < -0.39 is 0 Å². The van der Waals surface area contributed by atoms with Crippen molar-refractivity contribution in [2.75, 3.05) is 17.4 Å². The fourth-order valence-corrected chi connectivity index (χ4v) is 2.85. The van der Waals surface area contributed by atoms with Crippen LogP contribution in [-0.2, 0) is 0 Å². The fourth-order valence-electron chi connectivity index (χ4n) is 2.85. The molecule has 1 aliphatic rings. The molecule has 2 aromatic carbocycles. The van der Waals surface area contributed by atoms with Crippen molar-refractivity contribution in [1.29, 1.82) is 0 Å². The van der Waals surface area contributed by atoms with Gasteiger partial charge in [-0.05, 0) is 31.5 Å². The number of ether oxygens (including phenoxy) is 2. The van der Waals surface area contributed by atoms with Crippen LogP contribution in [0.3, 0.4) is 0 Å². The molecule has 0 spiro atoms. The minimum Gasteiger partial charge on any atom is -0.454 e. The van der Waals surface area contributed by atoms with Gasteiger partial charge in [-0.3, -0.25) is 0 Å². The Morgan fingerprint density at radius 1 is 0.962 bits per heavy atom. The second-order valence-corrected chi connectivity index (χ2v) is 6.19. The normalized spacial score (nSPS) is 13.3. The topological polar surface area (TPSA) is 68.3 Å². The quantitative estimate of drug-likeness (QED) is 0.711. The maximum absolute atomic E-state index is 5.41. The number of hydrogen-bond acceptors (Lipinski definition) is 6. The molecule has 3 aromatic rings. The lowest BCUT2D eigenvalue weighted by Crippen LogP contribution is -2.09. The van der Waals surface area contributed by atoms with Crippen molar-refractivity contribution in [3.05, 3.63) is 65.9 Å². The smallest absolute Gasteiger partial charge is 0.231 e. The van der Waals surface area contributed by atoms with Crippen molar-refractivity contribution < 1.29 is 9.47 Å². The summed E-state index contributed by atoms with van der Waals surface area (Å²) >= 11 is 0. The van der Waals surface area contributed by atoms with Crippen molar-refractivity contribution >= 4 is 17.5 Å². The zero-order chi connectivity index (χ0) is 17.9. The third kappa shape index (κ3) is 3.54. The average Bonchev–Trinajstić information content (AvgIpc) is 3.09. The molecule has 2 N–H and O–H groups in total. The van der Waals surface area contributed by atoms with Crippen molar-refractivity contribution in [2.45, 2.75) is 19.9 Å². The molecule has 0 bridgehead atoms. The minimum absolute atomic E-state index is 0.142. The standard InChI is InChI=1S/C20H20N4O2/c1-13-10-19(22-14(2)15-6-4-3-5-7-15)24-20(21-13)23-16-8-9-17-18(11-16)26-12-25-17/h3-11,14H,12H2,1-2H3,(H2,21,22,23,24). The van der Waals surface area contributed by atoms with Crippen LogP contribution in [0.15, 0.2) is 54.6 Å². The zero-order valence-electron chi connectivity index (χ0n) is 14.7.